The van der Waals surface area contributed by atoms with Gasteiger partial charge < -0.3 is 9.30 Å². The number of pyridine rings is 1. The van der Waals surface area contributed by atoms with E-state index in [1.165, 1.54) is 17.7 Å². The zero-order valence-corrected chi connectivity index (χ0v) is 10.3. The van der Waals surface area contributed by atoms with E-state index in [9.17, 15) is 14.0 Å². The third-order valence-corrected chi connectivity index (χ3v) is 2.65. The number of esters is 1. The number of ether oxygens (including phenoxy) is 1. The van der Waals surface area contributed by atoms with E-state index in [4.69, 9.17) is 0 Å². The van der Waals surface area contributed by atoms with Gasteiger partial charge in [0.05, 0.1) is 19.2 Å². The number of methoxy groups -OCH3 is 1. The molecular weight excluding hydrogens is 249 g/mol. The smallest absolute Gasteiger partial charge is 0.337 e. The molecule has 2 rings (SSSR count). The summed E-state index contributed by atoms with van der Waals surface area (Å²) in [6.45, 7) is 0.196. The van der Waals surface area contributed by atoms with Crippen LogP contribution >= 0.6 is 0 Å². The molecule has 0 fully saturated rings. The molecule has 0 unspecified atom stereocenters. The number of nitrogens with zero attached hydrogens (tertiary/aromatic N) is 1. The average Bonchev–Trinajstić information content (AvgIpc) is 2.42. The second-order valence-corrected chi connectivity index (χ2v) is 4.01. The first-order valence-corrected chi connectivity index (χ1v) is 5.63. The van der Waals surface area contributed by atoms with Crippen molar-refractivity contribution in [3.8, 4) is 0 Å². The van der Waals surface area contributed by atoms with E-state index >= 15 is 0 Å². The van der Waals surface area contributed by atoms with Gasteiger partial charge in [-0.3, -0.25) is 4.79 Å². The molecule has 0 saturated carbocycles. The predicted molar refractivity (Wildman–Crippen MR) is 67.5 cm³/mol. The fourth-order valence-corrected chi connectivity index (χ4v) is 1.74. The van der Waals surface area contributed by atoms with Crippen molar-refractivity contribution in [1.29, 1.82) is 0 Å². The maximum atomic E-state index is 13.1. The number of rotatable bonds is 3. The Hall–Kier alpha value is -2.43. The number of carbonyl (C=O) groups excluding carboxylic acids is 1. The molecule has 0 aliphatic heterocycles. The number of halogens is 1. The molecule has 1 aromatic carbocycles. The van der Waals surface area contributed by atoms with E-state index in [-0.39, 0.29) is 12.1 Å². The molecule has 0 atom stereocenters. The number of carbonyl (C=O) groups is 1. The molecule has 0 bridgehead atoms. The molecule has 4 nitrogen and oxygen atoms in total. The Balaban J connectivity index is 2.31. The van der Waals surface area contributed by atoms with Crippen LogP contribution in [0.25, 0.3) is 0 Å². The zero-order valence-electron chi connectivity index (χ0n) is 10.3. The lowest BCUT2D eigenvalue weighted by molar-refractivity contribution is 0.0600. The van der Waals surface area contributed by atoms with Crippen LogP contribution in [0, 0.1) is 5.82 Å². The summed E-state index contributed by atoms with van der Waals surface area (Å²) in [7, 11) is 1.30. The second-order valence-electron chi connectivity index (χ2n) is 4.01. The van der Waals surface area contributed by atoms with Crippen LogP contribution in [-0.2, 0) is 11.3 Å². The molecule has 0 aliphatic rings. The summed E-state index contributed by atoms with van der Waals surface area (Å²) in [5, 5.41) is 0. The molecule has 1 aromatic heterocycles. The van der Waals surface area contributed by atoms with Crippen LogP contribution in [0.2, 0.25) is 0 Å². The van der Waals surface area contributed by atoms with Crippen LogP contribution < -0.4 is 5.56 Å². The molecule has 19 heavy (non-hydrogen) atoms. The lowest BCUT2D eigenvalue weighted by atomic mass is 10.1. The summed E-state index contributed by atoms with van der Waals surface area (Å²) < 4.78 is 18.9. The quantitative estimate of drug-likeness (QED) is 0.792. The average molecular weight is 261 g/mol. The summed E-state index contributed by atoms with van der Waals surface area (Å²) in [6, 6.07) is 8.95. The van der Waals surface area contributed by atoms with Crippen molar-refractivity contribution < 1.29 is 13.9 Å². The number of aromatic nitrogens is 1. The molecule has 0 aliphatic carbocycles. The van der Waals surface area contributed by atoms with Crippen LogP contribution in [0.5, 0.6) is 0 Å². The van der Waals surface area contributed by atoms with Gasteiger partial charge in [-0.2, -0.15) is 0 Å². The van der Waals surface area contributed by atoms with E-state index in [1.54, 1.807) is 24.3 Å². The maximum Gasteiger partial charge on any atom is 0.337 e. The zero-order chi connectivity index (χ0) is 13.8. The first-order chi connectivity index (χ1) is 9.10. The first kappa shape index (κ1) is 13.0. The largest absolute Gasteiger partial charge is 0.465 e. The number of benzene rings is 1. The highest BCUT2D eigenvalue weighted by molar-refractivity contribution is 5.89. The number of hydrogen-bond acceptors (Lipinski definition) is 3. The molecule has 5 heteroatoms. The summed E-state index contributed by atoms with van der Waals surface area (Å²) in [5.41, 5.74) is 0.810. The van der Waals surface area contributed by atoms with Gasteiger partial charge in [0.2, 0.25) is 0 Å². The van der Waals surface area contributed by atoms with Gasteiger partial charge in [-0.1, -0.05) is 12.1 Å². The minimum atomic E-state index is -0.483. The fraction of sp³-hybridized carbons (Fsp3) is 0.143. The van der Waals surface area contributed by atoms with Crippen LogP contribution in [0.3, 0.4) is 0 Å². The highest BCUT2D eigenvalue weighted by Gasteiger charge is 2.06. The number of hydrogen-bond donors (Lipinski definition) is 0. The van der Waals surface area contributed by atoms with Crippen LogP contribution in [0.1, 0.15) is 15.9 Å². The normalized spacial score (nSPS) is 10.2. The summed E-state index contributed by atoms with van der Waals surface area (Å²) in [4.78, 5) is 22.9. The Morgan fingerprint density at radius 2 is 2.11 bits per heavy atom. The lowest BCUT2D eigenvalue weighted by Gasteiger charge is -2.07. The minimum absolute atomic E-state index is 0.196. The fourth-order valence-electron chi connectivity index (χ4n) is 1.74. The Morgan fingerprint density at radius 3 is 2.84 bits per heavy atom. The molecule has 2 aromatic rings. The summed E-state index contributed by atoms with van der Waals surface area (Å²) in [6.07, 6.45) is 1.13. The van der Waals surface area contributed by atoms with E-state index < -0.39 is 11.8 Å². The SMILES string of the molecule is COC(=O)c1cccc(Cn2cc(F)ccc2=O)c1. The van der Waals surface area contributed by atoms with Gasteiger partial charge in [0.1, 0.15) is 5.82 Å². The monoisotopic (exact) mass is 261 g/mol. The molecule has 0 radical (unpaired) electrons. The molecule has 0 amide bonds. The van der Waals surface area contributed by atoms with Gasteiger partial charge in [-0.25, -0.2) is 9.18 Å². The van der Waals surface area contributed by atoms with Crippen LogP contribution in [0.15, 0.2) is 47.4 Å². The standard InChI is InChI=1S/C14H12FNO3/c1-19-14(18)11-4-2-3-10(7-11)8-16-9-12(15)5-6-13(16)17/h2-7,9H,8H2,1H3. The molecule has 0 spiro atoms. The highest BCUT2D eigenvalue weighted by atomic mass is 19.1. The highest BCUT2D eigenvalue weighted by Crippen LogP contribution is 2.08. The molecular formula is C14H12FNO3. The Kier molecular flexibility index (Phi) is 3.75. The molecule has 1 heterocycles. The van der Waals surface area contributed by atoms with Gasteiger partial charge in [0.15, 0.2) is 0 Å². The van der Waals surface area contributed by atoms with E-state index in [1.807, 2.05) is 0 Å². The van der Waals surface area contributed by atoms with Gasteiger partial charge >= 0.3 is 5.97 Å². The van der Waals surface area contributed by atoms with Crippen molar-refractivity contribution in [3.05, 3.63) is 69.9 Å². The third-order valence-electron chi connectivity index (χ3n) is 2.65. The molecule has 0 N–H and O–H groups in total. The Labute approximate surface area is 109 Å². The van der Waals surface area contributed by atoms with Crippen molar-refractivity contribution in [2.45, 2.75) is 6.54 Å². The van der Waals surface area contributed by atoms with Crippen molar-refractivity contribution in [2.75, 3.05) is 7.11 Å². The predicted octanol–water partition coefficient (Wildman–Crippen LogP) is 1.82. The lowest BCUT2D eigenvalue weighted by Crippen LogP contribution is -2.19. The van der Waals surface area contributed by atoms with Crippen LogP contribution in [-0.4, -0.2) is 17.6 Å². The third kappa shape index (κ3) is 3.07. The van der Waals surface area contributed by atoms with Gasteiger partial charge in [0.25, 0.3) is 5.56 Å². The van der Waals surface area contributed by atoms with Crippen molar-refractivity contribution >= 4 is 5.97 Å². The first-order valence-electron chi connectivity index (χ1n) is 5.63. The van der Waals surface area contributed by atoms with E-state index in [0.717, 1.165) is 17.8 Å². The van der Waals surface area contributed by atoms with E-state index in [2.05, 4.69) is 4.74 Å². The van der Waals surface area contributed by atoms with Gasteiger partial charge in [0, 0.05) is 12.3 Å². The van der Waals surface area contributed by atoms with Crippen molar-refractivity contribution in [1.82, 2.24) is 4.57 Å². The van der Waals surface area contributed by atoms with Gasteiger partial charge in [-0.05, 0) is 23.8 Å². The molecule has 0 saturated heterocycles. The Morgan fingerprint density at radius 1 is 1.32 bits per heavy atom. The summed E-state index contributed by atoms with van der Waals surface area (Å²) >= 11 is 0. The maximum absolute atomic E-state index is 13.1. The second kappa shape index (κ2) is 5.48. The topological polar surface area (TPSA) is 48.3 Å². The van der Waals surface area contributed by atoms with Crippen molar-refractivity contribution in [2.24, 2.45) is 0 Å². The minimum Gasteiger partial charge on any atom is -0.465 e. The molecule has 98 valence electrons. The van der Waals surface area contributed by atoms with E-state index in [0.29, 0.717) is 5.56 Å². The van der Waals surface area contributed by atoms with Crippen molar-refractivity contribution in [3.63, 3.8) is 0 Å². The van der Waals surface area contributed by atoms with Gasteiger partial charge in [-0.15, -0.1) is 0 Å². The summed E-state index contributed by atoms with van der Waals surface area (Å²) in [5.74, 6) is -0.933. The van der Waals surface area contributed by atoms with Crippen LogP contribution in [0.4, 0.5) is 4.39 Å². The Bertz CT molecular complexity index is 664.